The van der Waals surface area contributed by atoms with E-state index in [0.717, 1.165) is 21.7 Å². The third kappa shape index (κ3) is 4.11. The smallest absolute Gasteiger partial charge is 0.259 e. The Hall–Kier alpha value is -2.54. The Balaban J connectivity index is 2.42. The minimum atomic E-state index is -3.43. The first kappa shape index (κ1) is 18.8. The van der Waals surface area contributed by atoms with Crippen LogP contribution in [-0.2, 0) is 10.0 Å². The fourth-order valence-electron chi connectivity index (χ4n) is 2.34. The van der Waals surface area contributed by atoms with Crippen LogP contribution in [0.3, 0.4) is 0 Å². The molecule has 25 heavy (non-hydrogen) atoms. The van der Waals surface area contributed by atoms with E-state index in [9.17, 15) is 13.2 Å². The normalized spacial score (nSPS) is 11.1. The number of amides is 1. The summed E-state index contributed by atoms with van der Waals surface area (Å²) >= 11 is 0. The largest absolute Gasteiger partial charge is 0.496 e. The van der Waals surface area contributed by atoms with Gasteiger partial charge in [-0.1, -0.05) is 12.1 Å². The van der Waals surface area contributed by atoms with Gasteiger partial charge in [-0.2, -0.15) is 0 Å². The highest BCUT2D eigenvalue weighted by Crippen LogP contribution is 2.27. The molecule has 134 valence electrons. The molecule has 0 atom stereocenters. The molecule has 2 aromatic carbocycles. The average molecular weight is 362 g/mol. The van der Waals surface area contributed by atoms with Gasteiger partial charge in [0.1, 0.15) is 5.75 Å². The summed E-state index contributed by atoms with van der Waals surface area (Å²) in [5, 5.41) is 2.86. The van der Waals surface area contributed by atoms with Gasteiger partial charge < -0.3 is 10.1 Å². The summed E-state index contributed by atoms with van der Waals surface area (Å²) in [5.41, 5.74) is 3.38. The zero-order valence-electron chi connectivity index (χ0n) is 15.0. The van der Waals surface area contributed by atoms with Gasteiger partial charge in [-0.25, -0.2) is 8.42 Å². The van der Waals surface area contributed by atoms with Crippen molar-refractivity contribution in [3.63, 3.8) is 0 Å². The highest BCUT2D eigenvalue weighted by atomic mass is 32.2. The summed E-state index contributed by atoms with van der Waals surface area (Å²) < 4.78 is 29.8. The van der Waals surface area contributed by atoms with Gasteiger partial charge in [-0.3, -0.25) is 9.10 Å². The number of ether oxygens (including phenoxy) is 1. The summed E-state index contributed by atoms with van der Waals surface area (Å²) in [6.45, 7) is 3.89. The van der Waals surface area contributed by atoms with Crippen molar-refractivity contribution >= 4 is 27.3 Å². The zero-order chi connectivity index (χ0) is 18.8. The van der Waals surface area contributed by atoms with Crippen molar-refractivity contribution in [3.8, 4) is 5.75 Å². The van der Waals surface area contributed by atoms with Crippen molar-refractivity contribution in [1.82, 2.24) is 0 Å². The Morgan fingerprint density at radius 3 is 2.44 bits per heavy atom. The lowest BCUT2D eigenvalue weighted by molar-refractivity contribution is 0.102. The fourth-order valence-corrected chi connectivity index (χ4v) is 2.83. The molecule has 6 nitrogen and oxygen atoms in total. The lowest BCUT2D eigenvalue weighted by Gasteiger charge is -2.19. The summed E-state index contributed by atoms with van der Waals surface area (Å²) in [4.78, 5) is 12.7. The van der Waals surface area contributed by atoms with Gasteiger partial charge >= 0.3 is 0 Å². The molecule has 0 unspecified atom stereocenters. The maximum atomic E-state index is 12.7. The van der Waals surface area contributed by atoms with Crippen LogP contribution in [-0.4, -0.2) is 34.7 Å². The van der Waals surface area contributed by atoms with E-state index in [1.807, 2.05) is 32.0 Å². The lowest BCUT2D eigenvalue weighted by Crippen LogP contribution is -2.25. The van der Waals surface area contributed by atoms with Gasteiger partial charge in [0.25, 0.3) is 5.91 Å². The standard InChI is InChI=1S/C18H22N2O4S/c1-12-7-6-8-16(13(12)2)19-18(21)15-11-14(9-10-17(15)24-4)20(3)25(5,22)23/h6-11H,1-5H3,(H,19,21). The second-order valence-corrected chi connectivity index (χ2v) is 7.83. The molecular formula is C18H22N2O4S. The van der Waals surface area contributed by atoms with E-state index in [4.69, 9.17) is 4.74 Å². The van der Waals surface area contributed by atoms with Gasteiger partial charge in [0, 0.05) is 12.7 Å². The van der Waals surface area contributed by atoms with Crippen molar-refractivity contribution in [1.29, 1.82) is 0 Å². The molecule has 0 aliphatic carbocycles. The molecule has 2 rings (SSSR count). The Morgan fingerprint density at radius 1 is 1.16 bits per heavy atom. The van der Waals surface area contributed by atoms with Crippen LogP contribution in [0.4, 0.5) is 11.4 Å². The molecule has 0 aromatic heterocycles. The van der Waals surface area contributed by atoms with Gasteiger partial charge in [0.2, 0.25) is 10.0 Å². The second kappa shape index (κ2) is 7.14. The zero-order valence-corrected chi connectivity index (χ0v) is 15.8. The number of carbonyl (C=O) groups is 1. The van der Waals surface area contributed by atoms with Crippen molar-refractivity contribution in [2.24, 2.45) is 0 Å². The molecular weight excluding hydrogens is 340 g/mol. The third-order valence-corrected chi connectivity index (χ3v) is 5.35. The quantitative estimate of drug-likeness (QED) is 0.887. The average Bonchev–Trinajstić information content (AvgIpc) is 2.56. The van der Waals surface area contributed by atoms with Gasteiger partial charge in [0.15, 0.2) is 0 Å². The first-order valence-corrected chi connectivity index (χ1v) is 9.49. The first-order chi connectivity index (χ1) is 11.6. The molecule has 2 aromatic rings. The number of carbonyl (C=O) groups excluding carboxylic acids is 1. The molecule has 7 heteroatoms. The third-order valence-electron chi connectivity index (χ3n) is 4.14. The van der Waals surface area contributed by atoms with Crippen molar-refractivity contribution < 1.29 is 17.9 Å². The van der Waals surface area contributed by atoms with E-state index in [2.05, 4.69) is 5.32 Å². The summed E-state index contributed by atoms with van der Waals surface area (Å²) in [5.74, 6) is 0.00255. The predicted octanol–water partition coefficient (Wildman–Crippen LogP) is 2.96. The molecule has 0 saturated carbocycles. The van der Waals surface area contributed by atoms with E-state index < -0.39 is 10.0 Å². The summed E-state index contributed by atoms with van der Waals surface area (Å²) in [6, 6.07) is 10.3. The Labute approximate surface area is 148 Å². The minimum absolute atomic E-state index is 0.261. The highest BCUT2D eigenvalue weighted by Gasteiger charge is 2.18. The number of anilines is 2. The number of aryl methyl sites for hydroxylation is 1. The summed E-state index contributed by atoms with van der Waals surface area (Å²) in [7, 11) is -0.532. The van der Waals surface area contributed by atoms with Crippen LogP contribution in [0, 0.1) is 13.8 Å². The van der Waals surface area contributed by atoms with E-state index >= 15 is 0 Å². The van der Waals surface area contributed by atoms with Crippen LogP contribution >= 0.6 is 0 Å². The molecule has 0 spiro atoms. The van der Waals surface area contributed by atoms with Crippen LogP contribution in [0.2, 0.25) is 0 Å². The molecule has 1 N–H and O–H groups in total. The SMILES string of the molecule is COc1ccc(N(C)S(C)(=O)=O)cc1C(=O)Nc1cccc(C)c1C. The molecule has 0 heterocycles. The highest BCUT2D eigenvalue weighted by molar-refractivity contribution is 7.92. The molecule has 1 amide bonds. The molecule has 0 aliphatic rings. The van der Waals surface area contributed by atoms with Crippen molar-refractivity contribution in [2.75, 3.05) is 30.0 Å². The Bertz CT molecular complexity index is 907. The van der Waals surface area contributed by atoms with Gasteiger partial charge in [0.05, 0.1) is 24.6 Å². The monoisotopic (exact) mass is 362 g/mol. The molecule has 0 radical (unpaired) electrons. The van der Waals surface area contributed by atoms with E-state index in [-0.39, 0.29) is 11.5 Å². The number of hydrogen-bond acceptors (Lipinski definition) is 4. The van der Waals surface area contributed by atoms with Crippen molar-refractivity contribution in [2.45, 2.75) is 13.8 Å². The van der Waals surface area contributed by atoms with E-state index in [1.165, 1.54) is 20.2 Å². The fraction of sp³-hybridized carbons (Fsp3) is 0.278. The first-order valence-electron chi connectivity index (χ1n) is 7.64. The number of nitrogens with zero attached hydrogens (tertiary/aromatic N) is 1. The maximum Gasteiger partial charge on any atom is 0.259 e. The number of methoxy groups -OCH3 is 1. The van der Waals surface area contributed by atoms with Crippen LogP contribution in [0.15, 0.2) is 36.4 Å². The summed E-state index contributed by atoms with van der Waals surface area (Å²) in [6.07, 6.45) is 1.10. The Kier molecular flexibility index (Phi) is 5.37. The van der Waals surface area contributed by atoms with Crippen LogP contribution < -0.4 is 14.4 Å². The predicted molar refractivity (Wildman–Crippen MR) is 100 cm³/mol. The maximum absolute atomic E-state index is 12.7. The van der Waals surface area contributed by atoms with E-state index in [1.54, 1.807) is 12.1 Å². The number of rotatable bonds is 5. The van der Waals surface area contributed by atoms with Crippen molar-refractivity contribution in [3.05, 3.63) is 53.1 Å². The minimum Gasteiger partial charge on any atom is -0.496 e. The molecule has 0 bridgehead atoms. The molecule has 0 aliphatic heterocycles. The Morgan fingerprint density at radius 2 is 1.84 bits per heavy atom. The van der Waals surface area contributed by atoms with Crippen LogP contribution in [0.5, 0.6) is 5.75 Å². The van der Waals surface area contributed by atoms with E-state index in [0.29, 0.717) is 17.1 Å². The molecule has 0 saturated heterocycles. The second-order valence-electron chi connectivity index (χ2n) is 5.82. The molecule has 0 fully saturated rings. The van der Waals surface area contributed by atoms with Crippen LogP contribution in [0.25, 0.3) is 0 Å². The lowest BCUT2D eigenvalue weighted by atomic mass is 10.1. The topological polar surface area (TPSA) is 75.7 Å². The van der Waals surface area contributed by atoms with Gasteiger partial charge in [-0.05, 0) is 49.2 Å². The van der Waals surface area contributed by atoms with Crippen LogP contribution in [0.1, 0.15) is 21.5 Å². The van der Waals surface area contributed by atoms with Gasteiger partial charge in [-0.15, -0.1) is 0 Å². The number of nitrogens with one attached hydrogen (secondary N) is 1. The number of benzene rings is 2. The number of sulfonamides is 1. The number of hydrogen-bond donors (Lipinski definition) is 1.